The summed E-state index contributed by atoms with van der Waals surface area (Å²) in [5.74, 6) is 0.938. The molecule has 1 unspecified atom stereocenters. The number of rotatable bonds is 6. The van der Waals surface area contributed by atoms with Crippen molar-refractivity contribution in [3.05, 3.63) is 82.9 Å². The number of ether oxygens (including phenoxy) is 2. The third-order valence-electron chi connectivity index (χ3n) is 4.93. The summed E-state index contributed by atoms with van der Waals surface area (Å²) in [6, 6.07) is 17.6. The number of hydrogen-bond acceptors (Lipinski definition) is 5. The highest BCUT2D eigenvalue weighted by molar-refractivity contribution is 7.92. The van der Waals surface area contributed by atoms with Gasteiger partial charge in [-0.1, -0.05) is 35.9 Å². The van der Waals surface area contributed by atoms with Crippen molar-refractivity contribution in [1.29, 1.82) is 0 Å². The van der Waals surface area contributed by atoms with Crippen LogP contribution in [0.25, 0.3) is 0 Å². The first-order valence-corrected chi connectivity index (χ1v) is 11.8. The van der Waals surface area contributed by atoms with Crippen molar-refractivity contribution in [2.24, 2.45) is 0 Å². The van der Waals surface area contributed by atoms with Crippen molar-refractivity contribution in [1.82, 2.24) is 5.32 Å². The van der Waals surface area contributed by atoms with Gasteiger partial charge in [-0.3, -0.25) is 9.52 Å². The van der Waals surface area contributed by atoms with Gasteiger partial charge in [0.2, 0.25) is 0 Å². The van der Waals surface area contributed by atoms with Crippen molar-refractivity contribution in [2.75, 3.05) is 17.9 Å². The molecule has 32 heavy (non-hydrogen) atoms. The van der Waals surface area contributed by atoms with Crippen molar-refractivity contribution < 1.29 is 22.7 Å². The minimum Gasteiger partial charge on any atom is -0.486 e. The normalized spacial score (nSPS) is 13.8. The van der Waals surface area contributed by atoms with E-state index in [4.69, 9.17) is 21.1 Å². The summed E-state index contributed by atoms with van der Waals surface area (Å²) in [7, 11) is -3.76. The van der Waals surface area contributed by atoms with Gasteiger partial charge in [-0.25, -0.2) is 8.42 Å². The molecule has 2 N–H and O–H groups in total. The average Bonchev–Trinajstić information content (AvgIpc) is 2.79. The van der Waals surface area contributed by atoms with Crippen LogP contribution in [-0.4, -0.2) is 27.5 Å². The number of amides is 1. The molecule has 0 fully saturated rings. The number of sulfonamides is 1. The van der Waals surface area contributed by atoms with Crippen LogP contribution in [0, 0.1) is 0 Å². The Morgan fingerprint density at radius 3 is 2.41 bits per heavy atom. The van der Waals surface area contributed by atoms with Gasteiger partial charge in [0.05, 0.1) is 27.2 Å². The van der Waals surface area contributed by atoms with Gasteiger partial charge in [0.25, 0.3) is 15.9 Å². The van der Waals surface area contributed by atoms with Gasteiger partial charge in [-0.05, 0) is 55.0 Å². The van der Waals surface area contributed by atoms with E-state index in [1.165, 1.54) is 30.3 Å². The fourth-order valence-electron chi connectivity index (χ4n) is 3.26. The summed E-state index contributed by atoms with van der Waals surface area (Å²) < 4.78 is 38.5. The molecule has 4 rings (SSSR count). The quantitative estimate of drug-likeness (QED) is 0.554. The van der Waals surface area contributed by atoms with E-state index in [0.717, 1.165) is 5.56 Å². The van der Waals surface area contributed by atoms with Crippen LogP contribution in [0.2, 0.25) is 5.02 Å². The van der Waals surface area contributed by atoms with E-state index in [1.807, 2.05) is 25.1 Å². The van der Waals surface area contributed by atoms with Crippen LogP contribution < -0.4 is 19.5 Å². The highest BCUT2D eigenvalue weighted by atomic mass is 35.5. The molecule has 3 aromatic carbocycles. The van der Waals surface area contributed by atoms with Crippen molar-refractivity contribution in [3.8, 4) is 11.5 Å². The van der Waals surface area contributed by atoms with E-state index in [-0.39, 0.29) is 33.1 Å². The second-order valence-electron chi connectivity index (χ2n) is 7.21. The molecule has 7 nitrogen and oxygen atoms in total. The molecule has 0 aromatic heterocycles. The Balaban J connectivity index is 1.46. The summed E-state index contributed by atoms with van der Waals surface area (Å²) in [4.78, 5) is 12.9. The predicted octanol–water partition coefficient (Wildman–Crippen LogP) is 4.40. The van der Waals surface area contributed by atoms with Gasteiger partial charge in [-0.2, -0.15) is 0 Å². The Morgan fingerprint density at radius 1 is 0.969 bits per heavy atom. The molecule has 0 saturated heterocycles. The zero-order valence-electron chi connectivity index (χ0n) is 17.2. The second kappa shape index (κ2) is 9.10. The smallest absolute Gasteiger partial charge is 0.261 e. The molecule has 1 heterocycles. The lowest BCUT2D eigenvalue weighted by atomic mass is 10.1. The zero-order chi connectivity index (χ0) is 22.7. The molecule has 0 spiro atoms. The summed E-state index contributed by atoms with van der Waals surface area (Å²) in [6.45, 7) is 2.83. The van der Waals surface area contributed by atoms with Gasteiger partial charge in [-0.15, -0.1) is 0 Å². The van der Waals surface area contributed by atoms with Crippen LogP contribution in [0.3, 0.4) is 0 Å². The van der Waals surface area contributed by atoms with E-state index in [9.17, 15) is 13.2 Å². The van der Waals surface area contributed by atoms with Crippen LogP contribution in [0.1, 0.15) is 28.9 Å². The van der Waals surface area contributed by atoms with Gasteiger partial charge < -0.3 is 14.8 Å². The van der Waals surface area contributed by atoms with Crippen molar-refractivity contribution in [2.45, 2.75) is 17.9 Å². The van der Waals surface area contributed by atoms with Crippen LogP contribution in [-0.2, 0) is 10.0 Å². The average molecular weight is 473 g/mol. The second-order valence-corrected chi connectivity index (χ2v) is 9.30. The first-order chi connectivity index (χ1) is 15.3. The van der Waals surface area contributed by atoms with Gasteiger partial charge in [0.1, 0.15) is 13.2 Å². The number of benzene rings is 3. The Labute approximate surface area is 191 Å². The lowest BCUT2D eigenvalue weighted by molar-refractivity contribution is 0.0940. The Morgan fingerprint density at radius 2 is 1.69 bits per heavy atom. The number of carbonyl (C=O) groups is 1. The highest BCUT2D eigenvalue weighted by Crippen LogP contribution is 2.33. The predicted molar refractivity (Wildman–Crippen MR) is 122 cm³/mol. The molecule has 0 aliphatic carbocycles. The zero-order valence-corrected chi connectivity index (χ0v) is 18.7. The monoisotopic (exact) mass is 472 g/mol. The molecule has 0 bridgehead atoms. The fourth-order valence-corrected chi connectivity index (χ4v) is 4.60. The van der Waals surface area contributed by atoms with Gasteiger partial charge in [0.15, 0.2) is 11.5 Å². The standard InChI is InChI=1S/C23H21ClN2O5S/c1-15(16-7-10-21-22(13-16)31-12-11-30-21)25-23(27)19-9-8-17(14-20(19)24)26-32(28,29)18-5-3-2-4-6-18/h2-10,13-15,26H,11-12H2,1H3,(H,25,27). The molecule has 1 aliphatic heterocycles. The number of halogens is 1. The topological polar surface area (TPSA) is 93.7 Å². The summed E-state index contributed by atoms with van der Waals surface area (Å²) in [6.07, 6.45) is 0. The third kappa shape index (κ3) is 4.81. The molecule has 9 heteroatoms. The fraction of sp³-hybridized carbons (Fsp3) is 0.174. The number of fused-ring (bicyclic) bond motifs is 1. The minimum absolute atomic E-state index is 0.130. The van der Waals surface area contributed by atoms with Gasteiger partial charge >= 0.3 is 0 Å². The van der Waals surface area contributed by atoms with Gasteiger partial charge in [0, 0.05) is 0 Å². The van der Waals surface area contributed by atoms with Crippen molar-refractivity contribution >= 4 is 33.2 Å². The molecule has 1 atom stereocenters. The van der Waals surface area contributed by atoms with E-state index in [0.29, 0.717) is 24.7 Å². The maximum absolute atomic E-state index is 12.8. The van der Waals surface area contributed by atoms with Crippen LogP contribution in [0.4, 0.5) is 5.69 Å². The molecular weight excluding hydrogens is 452 g/mol. The molecule has 0 radical (unpaired) electrons. The van der Waals surface area contributed by atoms with E-state index < -0.39 is 10.0 Å². The van der Waals surface area contributed by atoms with E-state index >= 15 is 0 Å². The van der Waals surface area contributed by atoms with E-state index in [1.54, 1.807) is 18.2 Å². The van der Waals surface area contributed by atoms with E-state index in [2.05, 4.69) is 10.0 Å². The molecule has 1 amide bonds. The number of anilines is 1. The summed E-state index contributed by atoms with van der Waals surface area (Å²) in [5.41, 5.74) is 1.35. The number of carbonyl (C=O) groups excluding carboxylic acids is 1. The van der Waals surface area contributed by atoms with Crippen LogP contribution >= 0.6 is 11.6 Å². The van der Waals surface area contributed by atoms with Crippen LogP contribution in [0.15, 0.2) is 71.6 Å². The van der Waals surface area contributed by atoms with Crippen molar-refractivity contribution in [3.63, 3.8) is 0 Å². The Bertz CT molecular complexity index is 1250. The highest BCUT2D eigenvalue weighted by Gasteiger charge is 2.19. The maximum Gasteiger partial charge on any atom is 0.261 e. The molecule has 3 aromatic rings. The van der Waals surface area contributed by atoms with Crippen LogP contribution in [0.5, 0.6) is 11.5 Å². The lowest BCUT2D eigenvalue weighted by Gasteiger charge is -2.21. The molecule has 0 saturated carbocycles. The molecule has 1 aliphatic rings. The SMILES string of the molecule is CC(NC(=O)c1ccc(NS(=O)(=O)c2ccccc2)cc1Cl)c1ccc2c(c1)OCCO2. The lowest BCUT2D eigenvalue weighted by Crippen LogP contribution is -2.27. The maximum atomic E-state index is 12.8. The molecular formula is C23H21ClN2O5S. The summed E-state index contributed by atoms with van der Waals surface area (Å²) in [5, 5.41) is 3.03. The number of hydrogen-bond donors (Lipinski definition) is 2. The minimum atomic E-state index is -3.76. The first kappa shape index (κ1) is 22.0. The Hall–Kier alpha value is -3.23. The Kier molecular flexibility index (Phi) is 6.25. The summed E-state index contributed by atoms with van der Waals surface area (Å²) >= 11 is 6.29. The third-order valence-corrected chi connectivity index (χ3v) is 6.64. The molecule has 166 valence electrons. The number of nitrogens with one attached hydrogen (secondary N) is 2. The largest absolute Gasteiger partial charge is 0.486 e. The first-order valence-electron chi connectivity index (χ1n) is 9.91.